The van der Waals surface area contributed by atoms with Crippen LogP contribution in [0, 0.1) is 0 Å². The maximum absolute atomic E-state index is 12.0. The van der Waals surface area contributed by atoms with Gasteiger partial charge in [0.15, 0.2) is 0 Å². The highest BCUT2D eigenvalue weighted by Crippen LogP contribution is 2.37. The lowest BCUT2D eigenvalue weighted by atomic mass is 9.83. The Labute approximate surface area is 128 Å². The van der Waals surface area contributed by atoms with Crippen molar-refractivity contribution >= 4 is 6.08 Å². The molecule has 2 aromatic rings. The summed E-state index contributed by atoms with van der Waals surface area (Å²) >= 11 is 0. The van der Waals surface area contributed by atoms with Gasteiger partial charge in [-0.2, -0.15) is 0 Å². The van der Waals surface area contributed by atoms with Gasteiger partial charge < -0.3 is 9.72 Å². The molecule has 116 valence electrons. The fraction of sp³-hybridized carbons (Fsp3) is 0.294. The van der Waals surface area contributed by atoms with Crippen LogP contribution in [-0.4, -0.2) is 17.1 Å². The number of hydrogen-bond donors (Lipinski definition) is 2. The number of aromatic nitrogens is 2. The molecule has 0 radical (unpaired) electrons. The summed E-state index contributed by atoms with van der Waals surface area (Å²) in [4.78, 5) is 27.9. The molecule has 0 fully saturated rings. The minimum atomic E-state index is -0.526. The van der Waals surface area contributed by atoms with Gasteiger partial charge in [-0.3, -0.25) is 9.78 Å². The summed E-state index contributed by atoms with van der Waals surface area (Å²) < 4.78 is 5.52. The third-order valence-corrected chi connectivity index (χ3v) is 3.48. The molecule has 1 heterocycles. The van der Waals surface area contributed by atoms with Gasteiger partial charge in [-0.15, -0.1) is 0 Å². The zero-order valence-corrected chi connectivity index (χ0v) is 13.2. The number of benzene rings is 1. The lowest BCUT2D eigenvalue weighted by Gasteiger charge is -2.24. The van der Waals surface area contributed by atoms with Crippen LogP contribution in [0.2, 0.25) is 0 Å². The van der Waals surface area contributed by atoms with E-state index in [1.165, 1.54) is 6.20 Å². The van der Waals surface area contributed by atoms with Crippen molar-refractivity contribution in [3.05, 3.63) is 56.9 Å². The standard InChI is InChI=1S/C17H20N2O3/c1-6-10-7-11(12-9-18-16(21)19-15(12)20)8-13(14(10)22-5)17(2,3)4/h6-9H,1H2,2-5H3,(H2,18,19,20,21). The molecule has 22 heavy (non-hydrogen) atoms. The smallest absolute Gasteiger partial charge is 0.325 e. The molecule has 2 rings (SSSR count). The van der Waals surface area contributed by atoms with Gasteiger partial charge in [-0.05, 0) is 23.1 Å². The first kappa shape index (κ1) is 15.8. The zero-order chi connectivity index (χ0) is 16.5. The maximum Gasteiger partial charge on any atom is 0.325 e. The SMILES string of the molecule is C=Cc1cc(-c2c[nH]c(=O)[nH]c2=O)cc(C(C)(C)C)c1OC. The lowest BCUT2D eigenvalue weighted by molar-refractivity contribution is 0.397. The molecule has 0 aliphatic carbocycles. The van der Waals surface area contributed by atoms with Crippen LogP contribution < -0.4 is 16.0 Å². The number of rotatable bonds is 3. The average Bonchev–Trinajstić information content (AvgIpc) is 2.44. The van der Waals surface area contributed by atoms with Crippen molar-refractivity contribution in [2.24, 2.45) is 0 Å². The topological polar surface area (TPSA) is 75.0 Å². The molecule has 0 bridgehead atoms. The summed E-state index contributed by atoms with van der Waals surface area (Å²) in [6, 6.07) is 3.73. The van der Waals surface area contributed by atoms with Gasteiger partial charge in [0, 0.05) is 17.3 Å². The number of H-pyrrole nitrogens is 2. The summed E-state index contributed by atoms with van der Waals surface area (Å²) in [5.74, 6) is 0.743. The van der Waals surface area contributed by atoms with Crippen molar-refractivity contribution in [1.82, 2.24) is 9.97 Å². The predicted octanol–water partition coefficient (Wildman–Crippen LogP) is 2.68. The molecule has 5 heteroatoms. The highest BCUT2D eigenvalue weighted by Gasteiger charge is 2.22. The Morgan fingerprint density at radius 1 is 1.23 bits per heavy atom. The molecule has 0 atom stereocenters. The molecule has 1 aromatic carbocycles. The summed E-state index contributed by atoms with van der Waals surface area (Å²) in [5, 5.41) is 0. The molecule has 0 amide bonds. The van der Waals surface area contributed by atoms with E-state index in [4.69, 9.17) is 4.74 Å². The van der Waals surface area contributed by atoms with Crippen LogP contribution in [-0.2, 0) is 5.41 Å². The van der Waals surface area contributed by atoms with Crippen LogP contribution in [0.1, 0.15) is 31.9 Å². The second-order valence-corrected chi connectivity index (χ2v) is 6.09. The molecular weight excluding hydrogens is 280 g/mol. The number of ether oxygens (including phenoxy) is 1. The molecule has 5 nitrogen and oxygen atoms in total. The Morgan fingerprint density at radius 2 is 1.91 bits per heavy atom. The molecule has 0 unspecified atom stereocenters. The van der Waals surface area contributed by atoms with Crippen LogP contribution >= 0.6 is 0 Å². The van der Waals surface area contributed by atoms with Gasteiger partial charge >= 0.3 is 5.69 Å². The van der Waals surface area contributed by atoms with E-state index < -0.39 is 11.2 Å². The van der Waals surface area contributed by atoms with Gasteiger partial charge in [-0.25, -0.2) is 4.79 Å². The van der Waals surface area contributed by atoms with E-state index in [1.807, 2.05) is 12.1 Å². The highest BCUT2D eigenvalue weighted by atomic mass is 16.5. The molecule has 0 saturated heterocycles. The first-order valence-corrected chi connectivity index (χ1v) is 6.95. The molecule has 0 aliphatic rings. The van der Waals surface area contributed by atoms with Crippen molar-refractivity contribution < 1.29 is 4.74 Å². The summed E-state index contributed by atoms with van der Waals surface area (Å²) in [5.41, 5.74) is 1.75. The first-order chi connectivity index (χ1) is 10.3. The van der Waals surface area contributed by atoms with Crippen LogP contribution in [0.4, 0.5) is 0 Å². The summed E-state index contributed by atoms with van der Waals surface area (Å²) in [7, 11) is 1.62. The highest BCUT2D eigenvalue weighted by molar-refractivity contribution is 5.72. The van der Waals surface area contributed by atoms with E-state index >= 15 is 0 Å². The number of methoxy groups -OCH3 is 1. The number of aromatic amines is 2. The van der Waals surface area contributed by atoms with E-state index in [2.05, 4.69) is 37.3 Å². The normalized spacial score (nSPS) is 11.3. The molecular formula is C17H20N2O3. The second-order valence-electron chi connectivity index (χ2n) is 6.09. The molecule has 0 spiro atoms. The van der Waals surface area contributed by atoms with Gasteiger partial charge in [0.2, 0.25) is 0 Å². The Kier molecular flexibility index (Phi) is 4.08. The average molecular weight is 300 g/mol. The lowest BCUT2D eigenvalue weighted by Crippen LogP contribution is -2.23. The fourth-order valence-electron chi connectivity index (χ4n) is 2.37. The van der Waals surface area contributed by atoms with Gasteiger partial charge in [0.1, 0.15) is 5.75 Å². The van der Waals surface area contributed by atoms with E-state index in [0.29, 0.717) is 11.1 Å². The predicted molar refractivity (Wildman–Crippen MR) is 88.5 cm³/mol. The largest absolute Gasteiger partial charge is 0.496 e. The van der Waals surface area contributed by atoms with Gasteiger partial charge in [-0.1, -0.05) is 33.4 Å². The molecule has 2 N–H and O–H groups in total. The summed E-state index contributed by atoms with van der Waals surface area (Å²) in [6.45, 7) is 10.0. The van der Waals surface area contributed by atoms with E-state index in [-0.39, 0.29) is 5.41 Å². The van der Waals surface area contributed by atoms with Crippen LogP contribution in [0.25, 0.3) is 17.2 Å². The van der Waals surface area contributed by atoms with Gasteiger partial charge in [0.05, 0.1) is 12.7 Å². The van der Waals surface area contributed by atoms with Crippen LogP contribution in [0.15, 0.2) is 34.5 Å². The third-order valence-electron chi connectivity index (χ3n) is 3.48. The molecule has 0 aliphatic heterocycles. The fourth-order valence-corrected chi connectivity index (χ4v) is 2.37. The Balaban J connectivity index is 2.81. The zero-order valence-electron chi connectivity index (χ0n) is 13.2. The third kappa shape index (κ3) is 2.88. The van der Waals surface area contributed by atoms with E-state index in [0.717, 1.165) is 16.9 Å². The minimum Gasteiger partial charge on any atom is -0.496 e. The quantitative estimate of drug-likeness (QED) is 0.915. The van der Waals surface area contributed by atoms with Crippen molar-refractivity contribution in [2.75, 3.05) is 7.11 Å². The Morgan fingerprint density at radius 3 is 2.41 bits per heavy atom. The Hall–Kier alpha value is -2.56. The van der Waals surface area contributed by atoms with Crippen molar-refractivity contribution in [3.8, 4) is 16.9 Å². The van der Waals surface area contributed by atoms with Gasteiger partial charge in [0.25, 0.3) is 5.56 Å². The van der Waals surface area contributed by atoms with Crippen LogP contribution in [0.3, 0.4) is 0 Å². The van der Waals surface area contributed by atoms with Crippen molar-refractivity contribution in [2.45, 2.75) is 26.2 Å². The number of nitrogens with one attached hydrogen (secondary N) is 2. The maximum atomic E-state index is 12.0. The van der Waals surface area contributed by atoms with Crippen molar-refractivity contribution in [3.63, 3.8) is 0 Å². The van der Waals surface area contributed by atoms with Crippen LogP contribution in [0.5, 0.6) is 5.75 Å². The number of hydrogen-bond acceptors (Lipinski definition) is 3. The Bertz CT molecular complexity index is 823. The first-order valence-electron chi connectivity index (χ1n) is 6.95. The summed E-state index contributed by atoms with van der Waals surface area (Å²) in [6.07, 6.45) is 3.11. The molecule has 0 saturated carbocycles. The van der Waals surface area contributed by atoms with Crippen molar-refractivity contribution in [1.29, 1.82) is 0 Å². The van der Waals surface area contributed by atoms with E-state index in [9.17, 15) is 9.59 Å². The van der Waals surface area contributed by atoms with E-state index in [1.54, 1.807) is 13.2 Å². The second kappa shape index (κ2) is 5.67. The monoisotopic (exact) mass is 300 g/mol. The minimum absolute atomic E-state index is 0.173. The molecule has 1 aromatic heterocycles.